The Kier molecular flexibility index (Phi) is 5.97. The minimum absolute atomic E-state index is 0.00803. The normalized spacial score (nSPS) is 21.2. The lowest BCUT2D eigenvalue weighted by Gasteiger charge is -2.29. The van der Waals surface area contributed by atoms with Crippen molar-refractivity contribution in [3.8, 4) is 0 Å². The van der Waals surface area contributed by atoms with E-state index in [1.807, 2.05) is 31.2 Å². The molecule has 1 atom stereocenters. The summed E-state index contributed by atoms with van der Waals surface area (Å²) in [4.78, 5) is 29.6. The Morgan fingerprint density at radius 3 is 2.31 bits per heavy atom. The fraction of sp³-hybridized carbons (Fsp3) is 0.435. The van der Waals surface area contributed by atoms with Crippen LogP contribution in [-0.2, 0) is 16.0 Å². The van der Waals surface area contributed by atoms with Crippen LogP contribution in [-0.4, -0.2) is 16.6 Å². The molecular weight excluding hydrogens is 322 g/mol. The topological polar surface area (TPSA) is 47.0 Å². The van der Waals surface area contributed by atoms with Gasteiger partial charge in [0.25, 0.3) is 0 Å². The summed E-state index contributed by atoms with van der Waals surface area (Å²) in [6.07, 6.45) is 4.22. The van der Waals surface area contributed by atoms with Gasteiger partial charge in [0, 0.05) is 23.7 Å². The van der Waals surface area contributed by atoms with Gasteiger partial charge in [0.05, 0.1) is 5.92 Å². The lowest BCUT2D eigenvalue weighted by molar-refractivity contribution is -0.134. The zero-order valence-corrected chi connectivity index (χ0v) is 15.7. The molecule has 1 aliphatic rings. The summed E-state index contributed by atoms with van der Waals surface area (Å²) in [6.45, 7) is 3.47. The van der Waals surface area contributed by atoms with Crippen LogP contribution >= 0.6 is 0 Å². The van der Waals surface area contributed by atoms with Crippen LogP contribution in [0.2, 0.25) is 0 Å². The number of hydrogen-bond donors (Lipinski definition) is 0. The highest BCUT2D eigenvalue weighted by Crippen LogP contribution is 2.37. The van der Waals surface area contributed by atoms with Gasteiger partial charge in [-0.1, -0.05) is 36.4 Å². The molecule has 26 heavy (non-hydrogen) atoms. The number of nitrogens with zero attached hydrogens (tertiary/aromatic N) is 1. The Balaban J connectivity index is 1.64. The fourth-order valence-corrected chi connectivity index (χ4v) is 4.09. The fourth-order valence-electron chi connectivity index (χ4n) is 4.09. The van der Waals surface area contributed by atoms with Crippen molar-refractivity contribution in [1.29, 1.82) is 0 Å². The standard InChI is InChI=1S/C23H27NO2/c1-16-7-6-10-21(24-16)15-22(17(2)25)23(26)20-13-11-19(12-14-20)18-8-4-3-5-9-18/h3-10,19-20,22H,11-15H2,1-2H3. The smallest absolute Gasteiger partial charge is 0.146 e. The summed E-state index contributed by atoms with van der Waals surface area (Å²) in [6, 6.07) is 16.3. The predicted molar refractivity (Wildman–Crippen MR) is 103 cm³/mol. The first-order chi connectivity index (χ1) is 12.5. The van der Waals surface area contributed by atoms with Gasteiger partial charge in [0.15, 0.2) is 0 Å². The van der Waals surface area contributed by atoms with Crippen LogP contribution in [0.5, 0.6) is 0 Å². The number of aryl methyl sites for hydroxylation is 1. The molecule has 2 aromatic rings. The van der Waals surface area contributed by atoms with E-state index in [1.54, 1.807) is 0 Å². The third-order valence-electron chi connectivity index (χ3n) is 5.59. The van der Waals surface area contributed by atoms with Gasteiger partial charge < -0.3 is 0 Å². The molecule has 136 valence electrons. The van der Waals surface area contributed by atoms with Crippen molar-refractivity contribution >= 4 is 11.6 Å². The molecule has 3 nitrogen and oxygen atoms in total. The van der Waals surface area contributed by atoms with Gasteiger partial charge in [-0.05, 0) is 63.1 Å². The summed E-state index contributed by atoms with van der Waals surface area (Å²) in [5.41, 5.74) is 3.11. The third kappa shape index (κ3) is 4.46. The summed E-state index contributed by atoms with van der Waals surface area (Å²) in [7, 11) is 0. The predicted octanol–water partition coefficient (Wildman–Crippen LogP) is 4.68. The molecule has 1 unspecified atom stereocenters. The average molecular weight is 349 g/mol. The van der Waals surface area contributed by atoms with E-state index in [-0.39, 0.29) is 17.5 Å². The largest absolute Gasteiger partial charge is 0.299 e. The van der Waals surface area contributed by atoms with Crippen LogP contribution in [0.15, 0.2) is 48.5 Å². The van der Waals surface area contributed by atoms with Crippen LogP contribution in [0.1, 0.15) is 55.5 Å². The highest BCUT2D eigenvalue weighted by molar-refractivity contribution is 6.02. The summed E-state index contributed by atoms with van der Waals surface area (Å²) in [5.74, 6) is 0.0709. The molecule has 0 amide bonds. The molecule has 0 N–H and O–H groups in total. The van der Waals surface area contributed by atoms with Crippen molar-refractivity contribution in [3.05, 3.63) is 65.5 Å². The van der Waals surface area contributed by atoms with E-state index in [1.165, 1.54) is 12.5 Å². The summed E-state index contributed by atoms with van der Waals surface area (Å²) >= 11 is 0. The van der Waals surface area contributed by atoms with Gasteiger partial charge in [-0.25, -0.2) is 0 Å². The van der Waals surface area contributed by atoms with Gasteiger partial charge >= 0.3 is 0 Å². The van der Waals surface area contributed by atoms with E-state index in [0.29, 0.717) is 12.3 Å². The number of aromatic nitrogens is 1. The van der Waals surface area contributed by atoms with Crippen molar-refractivity contribution in [1.82, 2.24) is 4.98 Å². The van der Waals surface area contributed by atoms with Gasteiger partial charge in [0.1, 0.15) is 11.6 Å². The molecule has 1 fully saturated rings. The van der Waals surface area contributed by atoms with E-state index in [4.69, 9.17) is 0 Å². The number of carbonyl (C=O) groups excluding carboxylic acids is 2. The Morgan fingerprint density at radius 1 is 1.00 bits per heavy atom. The third-order valence-corrected chi connectivity index (χ3v) is 5.59. The summed E-state index contributed by atoms with van der Waals surface area (Å²) in [5, 5.41) is 0. The van der Waals surface area contributed by atoms with Crippen molar-refractivity contribution in [2.24, 2.45) is 11.8 Å². The molecule has 1 aromatic carbocycles. The molecule has 1 aliphatic carbocycles. The quantitative estimate of drug-likeness (QED) is 0.711. The number of pyridine rings is 1. The lowest BCUT2D eigenvalue weighted by atomic mass is 9.74. The van der Waals surface area contributed by atoms with E-state index in [0.717, 1.165) is 37.1 Å². The lowest BCUT2D eigenvalue weighted by Crippen LogP contribution is -2.32. The zero-order valence-electron chi connectivity index (χ0n) is 15.7. The van der Waals surface area contributed by atoms with Gasteiger partial charge in [-0.2, -0.15) is 0 Å². The van der Waals surface area contributed by atoms with Crippen LogP contribution < -0.4 is 0 Å². The molecule has 0 aliphatic heterocycles. The Morgan fingerprint density at radius 2 is 1.69 bits per heavy atom. The van der Waals surface area contributed by atoms with Gasteiger partial charge in [-0.3, -0.25) is 14.6 Å². The number of Topliss-reactive ketones (excluding diaryl/α,β-unsaturated/α-hetero) is 2. The minimum atomic E-state index is -0.553. The first kappa shape index (κ1) is 18.5. The van der Waals surface area contributed by atoms with Crippen molar-refractivity contribution in [2.75, 3.05) is 0 Å². The van der Waals surface area contributed by atoms with Crippen LogP contribution in [0, 0.1) is 18.8 Å². The molecule has 3 rings (SSSR count). The van der Waals surface area contributed by atoms with E-state index in [9.17, 15) is 9.59 Å². The second-order valence-electron chi connectivity index (χ2n) is 7.50. The maximum absolute atomic E-state index is 13.0. The molecule has 1 heterocycles. The average Bonchev–Trinajstić information content (AvgIpc) is 2.66. The van der Waals surface area contributed by atoms with Crippen molar-refractivity contribution < 1.29 is 9.59 Å². The SMILES string of the molecule is CC(=O)C(Cc1cccc(C)n1)C(=O)C1CCC(c2ccccc2)CC1. The van der Waals surface area contributed by atoms with Crippen LogP contribution in [0.3, 0.4) is 0 Å². The Hall–Kier alpha value is -2.29. The molecule has 0 radical (unpaired) electrons. The zero-order chi connectivity index (χ0) is 18.5. The van der Waals surface area contributed by atoms with Gasteiger partial charge in [-0.15, -0.1) is 0 Å². The minimum Gasteiger partial charge on any atom is -0.299 e. The monoisotopic (exact) mass is 349 g/mol. The maximum atomic E-state index is 13.0. The first-order valence-corrected chi connectivity index (χ1v) is 9.56. The van der Waals surface area contributed by atoms with E-state index >= 15 is 0 Å². The number of benzene rings is 1. The number of ketones is 2. The molecule has 1 saturated carbocycles. The van der Waals surface area contributed by atoms with Gasteiger partial charge in [0.2, 0.25) is 0 Å². The van der Waals surface area contributed by atoms with Crippen LogP contribution in [0.4, 0.5) is 0 Å². The number of carbonyl (C=O) groups is 2. The van der Waals surface area contributed by atoms with Crippen molar-refractivity contribution in [2.45, 2.75) is 51.9 Å². The molecule has 0 saturated heterocycles. The molecule has 3 heteroatoms. The summed E-state index contributed by atoms with van der Waals surface area (Å²) < 4.78 is 0. The highest BCUT2D eigenvalue weighted by Gasteiger charge is 2.33. The Labute approximate surface area is 155 Å². The second kappa shape index (κ2) is 8.39. The number of rotatable bonds is 6. The highest BCUT2D eigenvalue weighted by atomic mass is 16.1. The number of hydrogen-bond acceptors (Lipinski definition) is 3. The first-order valence-electron chi connectivity index (χ1n) is 9.56. The molecule has 0 spiro atoms. The van der Waals surface area contributed by atoms with Crippen LogP contribution in [0.25, 0.3) is 0 Å². The van der Waals surface area contributed by atoms with E-state index in [2.05, 4.69) is 29.2 Å². The maximum Gasteiger partial charge on any atom is 0.146 e. The van der Waals surface area contributed by atoms with Crippen molar-refractivity contribution in [3.63, 3.8) is 0 Å². The van der Waals surface area contributed by atoms with E-state index < -0.39 is 5.92 Å². The molecular formula is C23H27NO2. The second-order valence-corrected chi connectivity index (χ2v) is 7.50. The molecule has 0 bridgehead atoms. The Bertz CT molecular complexity index is 761. The molecule has 1 aromatic heterocycles.